The lowest BCUT2D eigenvalue weighted by molar-refractivity contribution is -0.144. The molecule has 1 atom stereocenters. The summed E-state index contributed by atoms with van der Waals surface area (Å²) >= 11 is 1.10. The van der Waals surface area contributed by atoms with E-state index in [9.17, 15) is 14.4 Å². The third kappa shape index (κ3) is 4.17. The minimum Gasteiger partial charge on any atom is -0.466 e. The SMILES string of the molecule is [B]c1cc(Cn2c(=O)n([C@@H](CCC)CC(=O)OCC)c3ccccc32)c2sc(=O)[nH]c2c1. The molecule has 0 amide bonds. The largest absolute Gasteiger partial charge is 0.466 e. The normalized spacial score (nSPS) is 12.4. The van der Waals surface area contributed by atoms with E-state index in [4.69, 9.17) is 12.6 Å². The van der Waals surface area contributed by atoms with E-state index >= 15 is 0 Å². The number of carbonyl (C=O) groups is 1. The van der Waals surface area contributed by atoms with E-state index in [1.807, 2.05) is 31.2 Å². The molecule has 2 radical (unpaired) electrons. The number of thiazole rings is 1. The molecule has 164 valence electrons. The first-order valence-electron chi connectivity index (χ1n) is 10.7. The lowest BCUT2D eigenvalue weighted by Crippen LogP contribution is -2.29. The molecule has 0 unspecified atom stereocenters. The average Bonchev–Trinajstić information content (AvgIpc) is 3.25. The fourth-order valence-corrected chi connectivity index (χ4v) is 5.07. The molecule has 2 heterocycles. The molecule has 4 aromatic rings. The molecule has 32 heavy (non-hydrogen) atoms. The third-order valence-electron chi connectivity index (χ3n) is 5.51. The van der Waals surface area contributed by atoms with Crippen molar-refractivity contribution in [3.8, 4) is 0 Å². The van der Waals surface area contributed by atoms with Crippen LogP contribution in [0.1, 0.15) is 44.7 Å². The van der Waals surface area contributed by atoms with Crippen LogP contribution in [0.15, 0.2) is 46.0 Å². The standard InChI is InChI=1S/C23H24BN3O4S/c1-3-7-16(12-20(28)31-4-2)27-19-9-6-5-8-18(19)26(23(27)30)13-14-10-15(24)11-17-21(14)32-22(29)25-17/h5-6,8-11,16H,3-4,7,12-13H2,1-2H3,(H,25,29)/t16-/m0/s1. The van der Waals surface area contributed by atoms with E-state index in [0.717, 1.165) is 39.1 Å². The van der Waals surface area contributed by atoms with E-state index in [0.29, 0.717) is 24.0 Å². The zero-order valence-corrected chi connectivity index (χ0v) is 18.9. The van der Waals surface area contributed by atoms with Crippen molar-refractivity contribution in [2.45, 2.75) is 45.7 Å². The van der Waals surface area contributed by atoms with Crippen molar-refractivity contribution in [3.63, 3.8) is 0 Å². The predicted octanol–water partition coefficient (Wildman–Crippen LogP) is 2.84. The molecule has 4 rings (SSSR count). The maximum atomic E-state index is 13.7. The summed E-state index contributed by atoms with van der Waals surface area (Å²) < 4.78 is 9.32. The second-order valence-corrected chi connectivity index (χ2v) is 8.73. The van der Waals surface area contributed by atoms with Crippen LogP contribution in [0.3, 0.4) is 0 Å². The number of rotatable bonds is 8. The zero-order valence-electron chi connectivity index (χ0n) is 18.1. The van der Waals surface area contributed by atoms with Crippen LogP contribution in [0.25, 0.3) is 21.3 Å². The summed E-state index contributed by atoms with van der Waals surface area (Å²) in [5, 5.41) is 0. The summed E-state index contributed by atoms with van der Waals surface area (Å²) in [7, 11) is 6.05. The molecule has 7 nitrogen and oxygen atoms in total. The van der Waals surface area contributed by atoms with Gasteiger partial charge in [-0.3, -0.25) is 18.7 Å². The van der Waals surface area contributed by atoms with Crippen LogP contribution in [0, 0.1) is 0 Å². The summed E-state index contributed by atoms with van der Waals surface area (Å²) in [5.74, 6) is -0.315. The van der Waals surface area contributed by atoms with Crippen molar-refractivity contribution < 1.29 is 9.53 Å². The van der Waals surface area contributed by atoms with Crippen LogP contribution in [-0.4, -0.2) is 34.5 Å². The minimum absolute atomic E-state index is 0.136. The van der Waals surface area contributed by atoms with Crippen molar-refractivity contribution in [3.05, 3.63) is 62.1 Å². The number of imidazole rings is 1. The smallest absolute Gasteiger partial charge is 0.329 e. The van der Waals surface area contributed by atoms with Gasteiger partial charge in [0.2, 0.25) is 0 Å². The predicted molar refractivity (Wildman–Crippen MR) is 128 cm³/mol. The van der Waals surface area contributed by atoms with Crippen LogP contribution in [0.5, 0.6) is 0 Å². The molecule has 0 saturated carbocycles. The van der Waals surface area contributed by atoms with Crippen LogP contribution >= 0.6 is 11.3 Å². The Bertz CT molecular complexity index is 1400. The molecule has 1 N–H and O–H groups in total. The summed E-state index contributed by atoms with van der Waals surface area (Å²) in [5.41, 5.74) is 3.31. The quantitative estimate of drug-likeness (QED) is 0.331. The second-order valence-electron chi connectivity index (χ2n) is 7.75. The maximum Gasteiger partial charge on any atom is 0.329 e. The highest BCUT2D eigenvalue weighted by Crippen LogP contribution is 2.25. The van der Waals surface area contributed by atoms with Gasteiger partial charge in [-0.15, -0.1) is 0 Å². The molecule has 0 spiro atoms. The molecule has 2 aromatic heterocycles. The molecule has 0 fully saturated rings. The molecule has 0 aliphatic heterocycles. The number of ether oxygens (including phenoxy) is 1. The highest BCUT2D eigenvalue weighted by Gasteiger charge is 2.23. The van der Waals surface area contributed by atoms with Crippen molar-refractivity contribution in [1.82, 2.24) is 14.1 Å². The van der Waals surface area contributed by atoms with Crippen LogP contribution in [0.4, 0.5) is 0 Å². The Labute approximate surface area is 190 Å². The minimum atomic E-state index is -0.315. The highest BCUT2D eigenvalue weighted by atomic mass is 32.1. The van der Waals surface area contributed by atoms with E-state index < -0.39 is 0 Å². The number of H-pyrrole nitrogens is 1. The van der Waals surface area contributed by atoms with Crippen molar-refractivity contribution in [2.24, 2.45) is 0 Å². The van der Waals surface area contributed by atoms with Gasteiger partial charge >= 0.3 is 16.5 Å². The molecule has 0 aliphatic carbocycles. The van der Waals surface area contributed by atoms with E-state index in [2.05, 4.69) is 4.98 Å². The van der Waals surface area contributed by atoms with Gasteiger partial charge < -0.3 is 9.72 Å². The topological polar surface area (TPSA) is 86.1 Å². The van der Waals surface area contributed by atoms with E-state index in [1.165, 1.54) is 0 Å². The number of esters is 1. The number of aromatic amines is 1. The number of hydrogen-bond donors (Lipinski definition) is 1. The fourth-order valence-electron chi connectivity index (χ4n) is 4.25. The Morgan fingerprint density at radius 3 is 2.66 bits per heavy atom. The van der Waals surface area contributed by atoms with Crippen LogP contribution in [-0.2, 0) is 16.1 Å². The number of hydrogen-bond acceptors (Lipinski definition) is 5. The van der Waals surface area contributed by atoms with E-state index in [1.54, 1.807) is 28.2 Å². The number of benzene rings is 2. The third-order valence-corrected chi connectivity index (χ3v) is 6.49. The number of carbonyl (C=O) groups excluding carboxylic acids is 1. The van der Waals surface area contributed by atoms with Gasteiger partial charge in [-0.05, 0) is 37.1 Å². The lowest BCUT2D eigenvalue weighted by atomic mass is 9.94. The van der Waals surface area contributed by atoms with Gasteiger partial charge in [0.15, 0.2) is 0 Å². The number of para-hydroxylation sites is 2. The Hall–Kier alpha value is -3.07. The fraction of sp³-hybridized carbons (Fsp3) is 0.348. The molecule has 0 bridgehead atoms. The Balaban J connectivity index is 1.86. The molecule has 0 saturated heterocycles. The average molecular weight is 449 g/mol. The lowest BCUT2D eigenvalue weighted by Gasteiger charge is -2.17. The summed E-state index contributed by atoms with van der Waals surface area (Å²) in [6.07, 6.45) is 1.63. The van der Waals surface area contributed by atoms with Gasteiger partial charge in [0.25, 0.3) is 0 Å². The summed E-state index contributed by atoms with van der Waals surface area (Å²) in [6, 6.07) is 10.8. The zero-order chi connectivity index (χ0) is 22.8. The molecule has 2 aromatic carbocycles. The van der Waals surface area contributed by atoms with Crippen molar-refractivity contribution >= 4 is 51.9 Å². The van der Waals surface area contributed by atoms with Crippen molar-refractivity contribution in [2.75, 3.05) is 6.61 Å². The first kappa shape index (κ1) is 22.1. The van der Waals surface area contributed by atoms with Gasteiger partial charge in [0, 0.05) is 6.04 Å². The van der Waals surface area contributed by atoms with Gasteiger partial charge in [0.05, 0.1) is 40.8 Å². The van der Waals surface area contributed by atoms with Gasteiger partial charge in [0.1, 0.15) is 7.85 Å². The molecule has 9 heteroatoms. The van der Waals surface area contributed by atoms with Crippen LogP contribution in [0.2, 0.25) is 0 Å². The van der Waals surface area contributed by atoms with Crippen molar-refractivity contribution in [1.29, 1.82) is 0 Å². The monoisotopic (exact) mass is 449 g/mol. The maximum absolute atomic E-state index is 13.7. The Morgan fingerprint density at radius 2 is 1.94 bits per heavy atom. The van der Waals surface area contributed by atoms with Gasteiger partial charge in [-0.2, -0.15) is 0 Å². The Morgan fingerprint density at radius 1 is 1.19 bits per heavy atom. The molecular formula is C23H24BN3O4S. The van der Waals surface area contributed by atoms with Gasteiger partial charge in [-0.25, -0.2) is 4.79 Å². The molecular weight excluding hydrogens is 425 g/mol. The first-order chi connectivity index (χ1) is 15.4. The second kappa shape index (κ2) is 9.20. The van der Waals surface area contributed by atoms with Crippen LogP contribution < -0.4 is 16.0 Å². The van der Waals surface area contributed by atoms with E-state index in [-0.39, 0.29) is 35.5 Å². The first-order valence-corrected chi connectivity index (χ1v) is 11.5. The number of fused-ring (bicyclic) bond motifs is 2. The molecule has 0 aliphatic rings. The summed E-state index contributed by atoms with van der Waals surface area (Å²) in [6.45, 7) is 4.37. The Kier molecular flexibility index (Phi) is 6.37. The number of nitrogens with zero attached hydrogens (tertiary/aromatic N) is 2. The summed E-state index contributed by atoms with van der Waals surface area (Å²) in [4.78, 5) is 40.4. The number of aromatic nitrogens is 3. The van der Waals surface area contributed by atoms with Gasteiger partial charge in [-0.1, -0.05) is 48.3 Å². The highest BCUT2D eigenvalue weighted by molar-refractivity contribution is 7.16. The number of nitrogens with one attached hydrogen (secondary N) is 1.